The molecule has 0 spiro atoms. The number of amides is 2. The van der Waals surface area contributed by atoms with Crippen LogP contribution < -0.4 is 10.6 Å². The fourth-order valence-electron chi connectivity index (χ4n) is 2.44. The number of hydrogen-bond acceptors (Lipinski definition) is 5. The number of ether oxygens (including phenoxy) is 1. The van der Waals surface area contributed by atoms with Crippen molar-refractivity contribution < 1.29 is 14.3 Å². The van der Waals surface area contributed by atoms with Gasteiger partial charge < -0.3 is 15.4 Å². The molecule has 1 unspecified atom stereocenters. The fraction of sp³-hybridized carbons (Fsp3) is 0.250. The van der Waals surface area contributed by atoms with Crippen molar-refractivity contribution in [3.63, 3.8) is 0 Å². The molecule has 3 rings (SSSR count). The van der Waals surface area contributed by atoms with E-state index in [2.05, 4.69) is 15.6 Å². The molecule has 0 aliphatic carbocycles. The number of alkyl carbamates (subject to hydrolysis) is 1. The first-order valence-electron chi connectivity index (χ1n) is 8.68. The maximum Gasteiger partial charge on any atom is 0.407 e. The lowest BCUT2D eigenvalue weighted by atomic mass is 10.2. The molecule has 0 radical (unpaired) electrons. The minimum Gasteiger partial charge on any atom is -0.445 e. The topological polar surface area (TPSA) is 80.3 Å². The average molecular weight is 383 g/mol. The number of thiazole rings is 1. The fourth-order valence-corrected chi connectivity index (χ4v) is 3.46. The van der Waals surface area contributed by atoms with Gasteiger partial charge in [0, 0.05) is 12.5 Å². The average Bonchev–Trinajstić information content (AvgIpc) is 3.14. The van der Waals surface area contributed by atoms with E-state index in [0.29, 0.717) is 6.54 Å². The first-order chi connectivity index (χ1) is 13.1. The van der Waals surface area contributed by atoms with Gasteiger partial charge in [-0.25, -0.2) is 9.78 Å². The summed E-state index contributed by atoms with van der Waals surface area (Å²) in [6.45, 7) is 2.52. The summed E-state index contributed by atoms with van der Waals surface area (Å²) in [5.41, 5.74) is 1.86. The Morgan fingerprint density at radius 3 is 2.59 bits per heavy atom. The van der Waals surface area contributed by atoms with Crippen molar-refractivity contribution in [1.29, 1.82) is 0 Å². The number of rotatable bonds is 7. The third-order valence-electron chi connectivity index (χ3n) is 3.94. The number of para-hydroxylation sites is 1. The van der Waals surface area contributed by atoms with Gasteiger partial charge in [0.25, 0.3) is 0 Å². The highest BCUT2D eigenvalue weighted by Crippen LogP contribution is 2.26. The van der Waals surface area contributed by atoms with Crippen LogP contribution in [0.1, 0.15) is 23.4 Å². The van der Waals surface area contributed by atoms with Crippen molar-refractivity contribution in [2.45, 2.75) is 19.4 Å². The summed E-state index contributed by atoms with van der Waals surface area (Å²) in [7, 11) is 0. The van der Waals surface area contributed by atoms with E-state index in [9.17, 15) is 9.59 Å². The van der Waals surface area contributed by atoms with Crippen LogP contribution in [0.3, 0.4) is 0 Å². The molecular formula is C20H21N3O3S. The third kappa shape index (κ3) is 5.52. The van der Waals surface area contributed by atoms with Gasteiger partial charge in [0.05, 0.1) is 21.8 Å². The van der Waals surface area contributed by atoms with Crippen LogP contribution in [-0.4, -0.2) is 30.1 Å². The highest BCUT2D eigenvalue weighted by Gasteiger charge is 2.13. The Morgan fingerprint density at radius 2 is 1.81 bits per heavy atom. The largest absolute Gasteiger partial charge is 0.445 e. The minimum atomic E-state index is -0.617. The Balaban J connectivity index is 1.38. The first-order valence-corrected chi connectivity index (χ1v) is 9.50. The van der Waals surface area contributed by atoms with Crippen molar-refractivity contribution in [2.24, 2.45) is 0 Å². The molecule has 0 bridgehead atoms. The van der Waals surface area contributed by atoms with E-state index in [1.54, 1.807) is 11.3 Å². The second kappa shape index (κ2) is 9.14. The molecule has 2 N–H and O–H groups in total. The summed E-state index contributed by atoms with van der Waals surface area (Å²) < 4.78 is 6.20. The van der Waals surface area contributed by atoms with Crippen molar-refractivity contribution >= 4 is 33.6 Å². The number of carbonyl (C=O) groups is 2. The lowest BCUT2D eigenvalue weighted by Gasteiger charge is -2.11. The van der Waals surface area contributed by atoms with E-state index in [4.69, 9.17) is 4.74 Å². The van der Waals surface area contributed by atoms with Crippen molar-refractivity contribution in [2.75, 3.05) is 13.1 Å². The molecule has 1 atom stereocenters. The van der Waals surface area contributed by atoms with Gasteiger partial charge in [-0.15, -0.1) is 11.3 Å². The quantitative estimate of drug-likeness (QED) is 0.655. The van der Waals surface area contributed by atoms with Crippen LogP contribution in [0.4, 0.5) is 4.79 Å². The van der Waals surface area contributed by atoms with Crippen LogP contribution in [0.2, 0.25) is 0 Å². The van der Waals surface area contributed by atoms with Crippen LogP contribution in [0.15, 0.2) is 54.6 Å². The number of hydrogen-bond donors (Lipinski definition) is 2. The molecule has 3 aromatic rings. The Morgan fingerprint density at radius 1 is 1.07 bits per heavy atom. The smallest absolute Gasteiger partial charge is 0.407 e. The highest BCUT2D eigenvalue weighted by molar-refractivity contribution is 7.18. The second-order valence-corrected chi connectivity index (χ2v) is 7.20. The predicted molar refractivity (Wildman–Crippen MR) is 106 cm³/mol. The third-order valence-corrected chi connectivity index (χ3v) is 5.21. The van der Waals surface area contributed by atoms with E-state index in [1.165, 1.54) is 0 Å². The number of aromatic nitrogens is 1. The van der Waals surface area contributed by atoms with Crippen LogP contribution >= 0.6 is 11.3 Å². The summed E-state index contributed by atoms with van der Waals surface area (Å²) >= 11 is 1.63. The maximum atomic E-state index is 11.9. The number of fused-ring (bicyclic) bond motifs is 1. The zero-order valence-corrected chi connectivity index (χ0v) is 15.8. The summed E-state index contributed by atoms with van der Waals surface area (Å²) in [4.78, 5) is 28.2. The monoisotopic (exact) mass is 383 g/mol. The normalized spacial score (nSPS) is 11.7. The number of benzene rings is 2. The molecule has 1 aromatic heterocycles. The van der Waals surface area contributed by atoms with E-state index in [-0.39, 0.29) is 25.0 Å². The molecule has 27 heavy (non-hydrogen) atoms. The van der Waals surface area contributed by atoms with Gasteiger partial charge in [0.2, 0.25) is 5.91 Å². The molecule has 2 aromatic carbocycles. The van der Waals surface area contributed by atoms with Gasteiger partial charge in [0.15, 0.2) is 0 Å². The van der Waals surface area contributed by atoms with Crippen LogP contribution in [-0.2, 0) is 16.1 Å². The molecule has 140 valence electrons. The molecule has 7 heteroatoms. The standard InChI is InChI=1S/C20H21N3O3S/c1-14(19-23-16-9-5-6-10-17(16)27-19)11-21-18(24)12-22-20(25)26-13-15-7-3-2-4-8-15/h2-10,14H,11-13H2,1H3,(H,21,24)(H,22,25). The van der Waals surface area contributed by atoms with Gasteiger partial charge in [-0.1, -0.05) is 49.4 Å². The molecule has 1 heterocycles. The van der Waals surface area contributed by atoms with Gasteiger partial charge in [0.1, 0.15) is 6.61 Å². The Bertz CT molecular complexity index is 878. The van der Waals surface area contributed by atoms with Crippen molar-refractivity contribution in [3.8, 4) is 0 Å². The van der Waals surface area contributed by atoms with Gasteiger partial charge in [-0.2, -0.15) is 0 Å². The van der Waals surface area contributed by atoms with E-state index >= 15 is 0 Å². The Kier molecular flexibility index (Phi) is 6.38. The van der Waals surface area contributed by atoms with Gasteiger partial charge >= 0.3 is 6.09 Å². The van der Waals surface area contributed by atoms with E-state index in [1.807, 2.05) is 61.5 Å². The minimum absolute atomic E-state index is 0.0939. The molecule has 0 aliphatic heterocycles. The lowest BCUT2D eigenvalue weighted by Crippen LogP contribution is -2.38. The molecule has 6 nitrogen and oxygen atoms in total. The van der Waals surface area contributed by atoms with E-state index in [0.717, 1.165) is 20.8 Å². The zero-order chi connectivity index (χ0) is 19.1. The van der Waals surface area contributed by atoms with Crippen molar-refractivity contribution in [1.82, 2.24) is 15.6 Å². The molecular weight excluding hydrogens is 362 g/mol. The summed E-state index contributed by atoms with van der Waals surface area (Å²) in [6, 6.07) is 17.3. The molecule has 0 fully saturated rings. The van der Waals surface area contributed by atoms with E-state index < -0.39 is 6.09 Å². The number of nitrogens with zero attached hydrogens (tertiary/aromatic N) is 1. The molecule has 0 saturated heterocycles. The molecule has 0 saturated carbocycles. The first kappa shape index (κ1) is 18.8. The molecule has 2 amide bonds. The molecule has 0 aliphatic rings. The van der Waals surface area contributed by atoms with Crippen LogP contribution in [0.5, 0.6) is 0 Å². The summed E-state index contributed by atoms with van der Waals surface area (Å²) in [5.74, 6) is -0.170. The maximum absolute atomic E-state index is 11.9. The van der Waals surface area contributed by atoms with Crippen LogP contribution in [0, 0.1) is 0 Å². The predicted octanol–water partition coefficient (Wildman–Crippen LogP) is 3.44. The SMILES string of the molecule is CC(CNC(=O)CNC(=O)OCc1ccccc1)c1nc2ccccc2s1. The summed E-state index contributed by atoms with van der Waals surface area (Å²) in [5, 5.41) is 6.24. The second-order valence-electron chi connectivity index (χ2n) is 6.14. The summed E-state index contributed by atoms with van der Waals surface area (Å²) in [6.07, 6.45) is -0.617. The highest BCUT2D eigenvalue weighted by atomic mass is 32.1. The number of nitrogens with one attached hydrogen (secondary N) is 2. The van der Waals surface area contributed by atoms with Crippen LogP contribution in [0.25, 0.3) is 10.2 Å². The van der Waals surface area contributed by atoms with Crippen molar-refractivity contribution in [3.05, 3.63) is 65.2 Å². The zero-order valence-electron chi connectivity index (χ0n) is 15.0. The lowest BCUT2D eigenvalue weighted by molar-refractivity contribution is -0.120. The Labute approximate surface area is 161 Å². The Hall–Kier alpha value is -2.93. The van der Waals surface area contributed by atoms with Gasteiger partial charge in [-0.3, -0.25) is 4.79 Å². The number of carbonyl (C=O) groups excluding carboxylic acids is 2. The van der Waals surface area contributed by atoms with Gasteiger partial charge in [-0.05, 0) is 17.7 Å².